The van der Waals surface area contributed by atoms with Crippen LogP contribution in [0.2, 0.25) is 0 Å². The van der Waals surface area contributed by atoms with Crippen LogP contribution in [0.3, 0.4) is 0 Å². The zero-order valence-corrected chi connectivity index (χ0v) is 6.82. The van der Waals surface area contributed by atoms with Crippen LogP contribution in [0.5, 0.6) is 0 Å². The number of nitrogens with one attached hydrogen (secondary N) is 1. The van der Waals surface area contributed by atoms with Crippen LogP contribution in [-0.4, -0.2) is 22.4 Å². The smallest absolute Gasteiger partial charge is 0.379 e. The standard InChI is InChI=1S/C3H7N2O3PS/c4-3(5)10-2-1-8-9(6)7/h1-2H2,(H3-,4,5,6,7)/p+1. The third-order valence-corrected chi connectivity index (χ3v) is 1.63. The first-order valence-corrected chi connectivity index (χ1v) is 4.50. The summed E-state index contributed by atoms with van der Waals surface area (Å²) in [7, 11) is -2.51. The maximum atomic E-state index is 9.88. The predicted molar refractivity (Wildman–Crippen MR) is 40.1 cm³/mol. The van der Waals surface area contributed by atoms with Crippen LogP contribution in [0.15, 0.2) is 0 Å². The first-order valence-electron chi connectivity index (χ1n) is 2.39. The molecule has 0 amide bonds. The molecule has 0 heterocycles. The van der Waals surface area contributed by atoms with E-state index < -0.39 is 8.25 Å². The fourth-order valence-electron chi connectivity index (χ4n) is 0.267. The summed E-state index contributed by atoms with van der Waals surface area (Å²) < 4.78 is 14.2. The largest absolute Gasteiger partial charge is 0.694 e. The number of rotatable bonds is 4. The van der Waals surface area contributed by atoms with Crippen LogP contribution in [0.25, 0.3) is 0 Å². The number of thioether (sulfide) groups is 1. The van der Waals surface area contributed by atoms with E-state index in [2.05, 4.69) is 4.52 Å². The van der Waals surface area contributed by atoms with Gasteiger partial charge in [0.2, 0.25) is 0 Å². The lowest BCUT2D eigenvalue weighted by Gasteiger charge is -1.90. The second-order valence-electron chi connectivity index (χ2n) is 1.28. The van der Waals surface area contributed by atoms with Crippen molar-refractivity contribution in [1.29, 1.82) is 5.41 Å². The van der Waals surface area contributed by atoms with Gasteiger partial charge in [-0.05, 0) is 0 Å². The molecule has 0 aliphatic rings. The van der Waals surface area contributed by atoms with E-state index in [4.69, 9.17) is 16.0 Å². The molecule has 58 valence electrons. The molecular formula is C3H8N2O3PS+. The van der Waals surface area contributed by atoms with Crippen molar-refractivity contribution in [1.82, 2.24) is 0 Å². The summed E-state index contributed by atoms with van der Waals surface area (Å²) in [5.41, 5.74) is 4.96. The monoisotopic (exact) mass is 183 g/mol. The highest BCUT2D eigenvalue weighted by atomic mass is 32.2. The van der Waals surface area contributed by atoms with Crippen molar-refractivity contribution in [2.75, 3.05) is 12.4 Å². The van der Waals surface area contributed by atoms with E-state index in [-0.39, 0.29) is 11.8 Å². The van der Waals surface area contributed by atoms with Gasteiger partial charge < -0.3 is 5.73 Å². The molecule has 0 aliphatic carbocycles. The second kappa shape index (κ2) is 5.61. The van der Waals surface area contributed by atoms with Crippen molar-refractivity contribution in [2.24, 2.45) is 5.73 Å². The van der Waals surface area contributed by atoms with Gasteiger partial charge in [0.05, 0.1) is 0 Å². The van der Waals surface area contributed by atoms with Crippen molar-refractivity contribution < 1.29 is 14.0 Å². The summed E-state index contributed by atoms with van der Waals surface area (Å²) in [6, 6.07) is 0. The average molecular weight is 183 g/mol. The summed E-state index contributed by atoms with van der Waals surface area (Å²) in [5, 5.41) is 6.71. The lowest BCUT2D eigenvalue weighted by Crippen LogP contribution is -2.06. The highest BCUT2D eigenvalue weighted by Gasteiger charge is 2.10. The summed E-state index contributed by atoms with van der Waals surface area (Å²) in [5.74, 6) is 0.428. The van der Waals surface area contributed by atoms with E-state index in [1.165, 1.54) is 0 Å². The van der Waals surface area contributed by atoms with Gasteiger partial charge in [-0.25, -0.2) is 0 Å². The van der Waals surface area contributed by atoms with Crippen molar-refractivity contribution in [2.45, 2.75) is 0 Å². The van der Waals surface area contributed by atoms with Gasteiger partial charge in [0.1, 0.15) is 6.61 Å². The normalized spacial score (nSPS) is 11.1. The van der Waals surface area contributed by atoms with Gasteiger partial charge in [-0.15, -0.1) is 9.42 Å². The van der Waals surface area contributed by atoms with Gasteiger partial charge >= 0.3 is 8.25 Å². The zero-order chi connectivity index (χ0) is 7.98. The molecule has 0 radical (unpaired) electrons. The van der Waals surface area contributed by atoms with Crippen LogP contribution in [-0.2, 0) is 9.09 Å². The first kappa shape index (κ1) is 9.84. The quantitative estimate of drug-likeness (QED) is 0.252. The van der Waals surface area contributed by atoms with E-state index in [9.17, 15) is 4.57 Å². The van der Waals surface area contributed by atoms with Gasteiger partial charge in [-0.3, -0.25) is 5.41 Å². The predicted octanol–water partition coefficient (Wildman–Crippen LogP) is 0.279. The number of amidine groups is 1. The fraction of sp³-hybridized carbons (Fsp3) is 0.667. The Labute approximate surface area is 63.4 Å². The van der Waals surface area contributed by atoms with Crippen molar-refractivity contribution in [3.63, 3.8) is 0 Å². The number of hydrogen-bond acceptors (Lipinski definition) is 4. The molecule has 10 heavy (non-hydrogen) atoms. The van der Waals surface area contributed by atoms with Gasteiger partial charge in [-0.1, -0.05) is 11.8 Å². The molecule has 0 aliphatic heterocycles. The molecule has 0 aromatic rings. The Morgan fingerprint density at radius 1 is 1.90 bits per heavy atom. The minimum absolute atomic E-state index is 0.0169. The third-order valence-electron chi connectivity index (χ3n) is 0.543. The molecule has 0 aromatic carbocycles. The molecule has 0 bridgehead atoms. The van der Waals surface area contributed by atoms with Crippen LogP contribution >= 0.6 is 20.0 Å². The van der Waals surface area contributed by atoms with E-state index in [0.717, 1.165) is 11.8 Å². The summed E-state index contributed by atoms with van der Waals surface area (Å²) in [6.45, 7) is 0.135. The molecule has 7 heteroatoms. The van der Waals surface area contributed by atoms with Crippen LogP contribution < -0.4 is 5.73 Å². The summed E-state index contributed by atoms with van der Waals surface area (Å²) >= 11 is 1.07. The van der Waals surface area contributed by atoms with Gasteiger partial charge in [0, 0.05) is 10.3 Å². The highest BCUT2D eigenvalue weighted by molar-refractivity contribution is 8.13. The zero-order valence-electron chi connectivity index (χ0n) is 5.11. The molecule has 0 rings (SSSR count). The Morgan fingerprint density at radius 2 is 2.50 bits per heavy atom. The Hall–Kier alpha value is -0.160. The third kappa shape index (κ3) is 7.84. The van der Waals surface area contributed by atoms with Crippen LogP contribution in [0.4, 0.5) is 0 Å². The Bertz CT molecular complexity index is 126. The lowest BCUT2D eigenvalue weighted by molar-refractivity contribution is 0.300. The number of hydrogen-bond donors (Lipinski definition) is 3. The summed E-state index contributed by atoms with van der Waals surface area (Å²) in [6.07, 6.45) is 0. The molecule has 0 saturated carbocycles. The minimum atomic E-state index is -2.51. The molecule has 1 unspecified atom stereocenters. The van der Waals surface area contributed by atoms with Crippen molar-refractivity contribution in [3.8, 4) is 0 Å². The van der Waals surface area contributed by atoms with E-state index in [0.29, 0.717) is 5.75 Å². The van der Waals surface area contributed by atoms with Gasteiger partial charge in [0.15, 0.2) is 5.17 Å². The Morgan fingerprint density at radius 3 is 2.90 bits per heavy atom. The molecule has 0 spiro atoms. The molecule has 0 fully saturated rings. The summed E-state index contributed by atoms with van der Waals surface area (Å²) in [4.78, 5) is 8.11. The van der Waals surface area contributed by atoms with E-state index in [1.54, 1.807) is 0 Å². The molecule has 4 N–H and O–H groups in total. The fourth-order valence-corrected chi connectivity index (χ4v) is 1.02. The molecular weight excluding hydrogens is 175 g/mol. The Balaban J connectivity index is 3.06. The first-order chi connectivity index (χ1) is 4.63. The molecule has 1 atom stereocenters. The van der Waals surface area contributed by atoms with Crippen LogP contribution in [0.1, 0.15) is 0 Å². The average Bonchev–Trinajstić information content (AvgIpc) is 1.79. The van der Waals surface area contributed by atoms with Crippen molar-refractivity contribution in [3.05, 3.63) is 0 Å². The maximum absolute atomic E-state index is 9.88. The van der Waals surface area contributed by atoms with Gasteiger partial charge in [0.25, 0.3) is 0 Å². The Kier molecular flexibility index (Phi) is 5.52. The van der Waals surface area contributed by atoms with E-state index >= 15 is 0 Å². The minimum Gasteiger partial charge on any atom is -0.379 e. The molecule has 0 aromatic heterocycles. The number of nitrogens with two attached hydrogens (primary N) is 1. The maximum Gasteiger partial charge on any atom is 0.694 e. The highest BCUT2D eigenvalue weighted by Crippen LogP contribution is 2.14. The van der Waals surface area contributed by atoms with Crippen LogP contribution in [0, 0.1) is 5.41 Å². The second-order valence-corrected chi connectivity index (χ2v) is 3.15. The lowest BCUT2D eigenvalue weighted by atomic mass is 10.9. The SMILES string of the molecule is N=C(N)SCCO[P+](=O)O. The van der Waals surface area contributed by atoms with Crippen molar-refractivity contribution >= 4 is 25.2 Å². The molecule has 5 nitrogen and oxygen atoms in total. The molecule has 0 saturated heterocycles. The van der Waals surface area contributed by atoms with E-state index in [1.807, 2.05) is 0 Å². The van der Waals surface area contributed by atoms with Gasteiger partial charge in [-0.2, -0.15) is 0 Å². The topological polar surface area (TPSA) is 96.4 Å².